The molecule has 0 saturated heterocycles. The molecule has 3 atom stereocenters. The average molecular weight is 477 g/mol. The smallest absolute Gasteiger partial charge is 0.408 e. The molecule has 4 amide bonds. The van der Waals surface area contributed by atoms with Crippen LogP contribution in [0.2, 0.25) is 0 Å². The summed E-state index contributed by atoms with van der Waals surface area (Å²) in [5.41, 5.74) is 6.03. The Morgan fingerprint density at radius 3 is 2.24 bits per heavy atom. The summed E-state index contributed by atoms with van der Waals surface area (Å²) in [7, 11) is 1.51. The van der Waals surface area contributed by atoms with E-state index in [0.29, 0.717) is 5.56 Å². The number of aryl methyl sites for hydroxylation is 1. The van der Waals surface area contributed by atoms with Crippen molar-refractivity contribution >= 4 is 23.8 Å². The molecule has 1 aromatic rings. The molecule has 0 saturated carbocycles. The van der Waals surface area contributed by atoms with E-state index in [0.717, 1.165) is 18.4 Å². The number of rotatable bonds is 11. The van der Waals surface area contributed by atoms with Gasteiger partial charge in [-0.05, 0) is 58.6 Å². The van der Waals surface area contributed by atoms with Gasteiger partial charge in [0.15, 0.2) is 0 Å². The Morgan fingerprint density at radius 2 is 1.71 bits per heavy atom. The molecule has 9 nitrogen and oxygen atoms in total. The van der Waals surface area contributed by atoms with E-state index in [2.05, 4.69) is 10.6 Å². The number of ether oxygens (including phenoxy) is 1. The molecule has 1 aromatic carbocycles. The second-order valence-corrected chi connectivity index (χ2v) is 9.61. The van der Waals surface area contributed by atoms with E-state index in [1.807, 2.05) is 32.9 Å². The number of alkyl carbamates (subject to hydrolysis) is 1. The van der Waals surface area contributed by atoms with E-state index in [4.69, 9.17) is 10.5 Å². The van der Waals surface area contributed by atoms with Gasteiger partial charge in [0.1, 0.15) is 17.7 Å². The Bertz CT molecular complexity index is 865. The van der Waals surface area contributed by atoms with Crippen LogP contribution < -0.4 is 16.4 Å². The van der Waals surface area contributed by atoms with E-state index in [-0.39, 0.29) is 24.8 Å². The molecule has 190 valence electrons. The Hall–Kier alpha value is -3.10. The standard InChI is InChI=1S/C25H40N4O5/c1-8-11-17(3)27-22(31)21(18-13-10-9-12-16(18)2)29(7)23(32)19(14-15-20(26)30)28-24(33)34-25(4,5)6/h9-10,12-13,17,19,21H,8,11,14-15H2,1-7H3,(H2,26,30)(H,27,31)(H,28,33). The monoisotopic (exact) mass is 476 g/mol. The predicted octanol–water partition coefficient (Wildman–Crippen LogP) is 2.96. The summed E-state index contributed by atoms with van der Waals surface area (Å²) >= 11 is 0. The number of nitrogens with two attached hydrogens (primary N) is 1. The summed E-state index contributed by atoms with van der Waals surface area (Å²) in [5, 5.41) is 5.52. The van der Waals surface area contributed by atoms with Gasteiger partial charge in [0.2, 0.25) is 17.7 Å². The maximum atomic E-state index is 13.5. The number of nitrogens with one attached hydrogen (secondary N) is 2. The topological polar surface area (TPSA) is 131 Å². The predicted molar refractivity (Wildman–Crippen MR) is 131 cm³/mol. The lowest BCUT2D eigenvalue weighted by Gasteiger charge is -2.33. The minimum absolute atomic E-state index is 0.0217. The Kier molecular flexibility index (Phi) is 11.0. The van der Waals surface area contributed by atoms with Crippen molar-refractivity contribution in [2.24, 2.45) is 5.73 Å². The first-order valence-corrected chi connectivity index (χ1v) is 11.7. The number of carbonyl (C=O) groups excluding carboxylic acids is 4. The first-order chi connectivity index (χ1) is 15.8. The number of benzene rings is 1. The highest BCUT2D eigenvalue weighted by Gasteiger charge is 2.35. The van der Waals surface area contributed by atoms with Gasteiger partial charge in [-0.15, -0.1) is 0 Å². The molecule has 34 heavy (non-hydrogen) atoms. The number of amides is 4. The molecule has 0 aliphatic rings. The summed E-state index contributed by atoms with van der Waals surface area (Å²) in [5.74, 6) is -1.45. The maximum absolute atomic E-state index is 13.5. The van der Waals surface area contributed by atoms with Gasteiger partial charge in [0, 0.05) is 19.5 Å². The van der Waals surface area contributed by atoms with Crippen LogP contribution in [0.25, 0.3) is 0 Å². The highest BCUT2D eigenvalue weighted by atomic mass is 16.6. The molecule has 0 spiro atoms. The highest BCUT2D eigenvalue weighted by molar-refractivity contribution is 5.92. The van der Waals surface area contributed by atoms with Crippen LogP contribution >= 0.6 is 0 Å². The van der Waals surface area contributed by atoms with Crippen LogP contribution in [0.5, 0.6) is 0 Å². The molecular formula is C25H40N4O5. The van der Waals surface area contributed by atoms with E-state index in [1.165, 1.54) is 11.9 Å². The fourth-order valence-electron chi connectivity index (χ4n) is 3.61. The SMILES string of the molecule is CCCC(C)NC(=O)C(c1ccccc1C)N(C)C(=O)C(CCC(N)=O)NC(=O)OC(C)(C)C. The van der Waals surface area contributed by atoms with Gasteiger partial charge in [-0.3, -0.25) is 14.4 Å². The molecule has 1 rings (SSSR count). The van der Waals surface area contributed by atoms with E-state index in [9.17, 15) is 19.2 Å². The maximum Gasteiger partial charge on any atom is 0.408 e. The molecule has 0 aliphatic heterocycles. The Morgan fingerprint density at radius 1 is 1.09 bits per heavy atom. The number of primary amides is 1. The van der Waals surface area contributed by atoms with Crippen LogP contribution in [0.1, 0.15) is 77.5 Å². The van der Waals surface area contributed by atoms with Crippen LogP contribution in [0.4, 0.5) is 4.79 Å². The summed E-state index contributed by atoms with van der Waals surface area (Å²) < 4.78 is 5.28. The van der Waals surface area contributed by atoms with Gasteiger partial charge in [-0.25, -0.2) is 4.79 Å². The number of likely N-dealkylation sites (N-methyl/N-ethyl adjacent to an activating group) is 1. The first-order valence-electron chi connectivity index (χ1n) is 11.7. The molecule has 0 fully saturated rings. The summed E-state index contributed by atoms with van der Waals surface area (Å²) in [6.07, 6.45) is 0.768. The zero-order valence-corrected chi connectivity index (χ0v) is 21.4. The normalized spacial score (nSPS) is 13.9. The fourth-order valence-corrected chi connectivity index (χ4v) is 3.61. The van der Waals surface area contributed by atoms with E-state index >= 15 is 0 Å². The largest absolute Gasteiger partial charge is 0.444 e. The Labute approximate surface area is 202 Å². The van der Waals surface area contributed by atoms with Gasteiger partial charge in [0.25, 0.3) is 0 Å². The number of nitrogens with zero attached hydrogens (tertiary/aromatic N) is 1. The molecule has 0 heterocycles. The molecule has 0 aromatic heterocycles. The van der Waals surface area contributed by atoms with Crippen molar-refractivity contribution in [1.82, 2.24) is 15.5 Å². The van der Waals surface area contributed by atoms with Gasteiger partial charge >= 0.3 is 6.09 Å². The van der Waals surface area contributed by atoms with Gasteiger partial charge in [-0.2, -0.15) is 0 Å². The summed E-state index contributed by atoms with van der Waals surface area (Å²) in [6.45, 7) is 10.9. The van der Waals surface area contributed by atoms with Crippen molar-refractivity contribution in [2.45, 2.75) is 91.0 Å². The molecule has 0 radical (unpaired) electrons. The highest BCUT2D eigenvalue weighted by Crippen LogP contribution is 2.25. The second kappa shape index (κ2) is 13.0. The number of hydrogen-bond donors (Lipinski definition) is 3. The van der Waals surface area contributed by atoms with Gasteiger partial charge < -0.3 is 26.0 Å². The molecular weight excluding hydrogens is 436 g/mol. The molecule has 9 heteroatoms. The zero-order chi connectivity index (χ0) is 26.1. The number of carbonyl (C=O) groups is 4. The van der Waals surface area contributed by atoms with Gasteiger partial charge in [-0.1, -0.05) is 37.6 Å². The fraction of sp³-hybridized carbons (Fsp3) is 0.600. The third-order valence-electron chi connectivity index (χ3n) is 5.25. The quantitative estimate of drug-likeness (QED) is 0.452. The Balaban J connectivity index is 3.28. The zero-order valence-electron chi connectivity index (χ0n) is 21.4. The molecule has 4 N–H and O–H groups in total. The lowest BCUT2D eigenvalue weighted by molar-refractivity contribution is -0.141. The van der Waals surface area contributed by atoms with E-state index in [1.54, 1.807) is 32.9 Å². The number of hydrogen-bond acceptors (Lipinski definition) is 5. The van der Waals surface area contributed by atoms with Crippen molar-refractivity contribution in [3.05, 3.63) is 35.4 Å². The molecule has 0 aliphatic carbocycles. The summed E-state index contributed by atoms with van der Waals surface area (Å²) in [6, 6.07) is 5.23. The minimum atomic E-state index is -1.10. The minimum Gasteiger partial charge on any atom is -0.444 e. The molecule has 3 unspecified atom stereocenters. The van der Waals surface area contributed by atoms with Crippen molar-refractivity contribution in [1.29, 1.82) is 0 Å². The van der Waals surface area contributed by atoms with Crippen LogP contribution in [0.15, 0.2) is 24.3 Å². The molecule has 0 bridgehead atoms. The van der Waals surface area contributed by atoms with Crippen LogP contribution in [-0.4, -0.2) is 53.4 Å². The summed E-state index contributed by atoms with van der Waals surface area (Å²) in [4.78, 5) is 51.9. The van der Waals surface area contributed by atoms with Crippen molar-refractivity contribution in [3.8, 4) is 0 Å². The van der Waals surface area contributed by atoms with Crippen molar-refractivity contribution in [2.75, 3.05) is 7.05 Å². The lowest BCUT2D eigenvalue weighted by atomic mass is 9.97. The average Bonchev–Trinajstić information content (AvgIpc) is 2.70. The van der Waals surface area contributed by atoms with Crippen LogP contribution in [0, 0.1) is 6.92 Å². The van der Waals surface area contributed by atoms with Crippen molar-refractivity contribution < 1.29 is 23.9 Å². The third-order valence-corrected chi connectivity index (χ3v) is 5.25. The van der Waals surface area contributed by atoms with Crippen LogP contribution in [0.3, 0.4) is 0 Å². The second-order valence-electron chi connectivity index (χ2n) is 9.61. The lowest BCUT2D eigenvalue weighted by Crippen LogP contribution is -2.52. The third kappa shape index (κ3) is 9.41. The van der Waals surface area contributed by atoms with Crippen molar-refractivity contribution in [3.63, 3.8) is 0 Å². The van der Waals surface area contributed by atoms with Crippen LogP contribution in [-0.2, 0) is 19.1 Å². The first kappa shape index (κ1) is 28.9. The van der Waals surface area contributed by atoms with Gasteiger partial charge in [0.05, 0.1) is 0 Å². The van der Waals surface area contributed by atoms with E-state index < -0.39 is 35.6 Å².